The minimum Gasteiger partial charge on any atom is -0.360 e. The highest BCUT2D eigenvalue weighted by Gasteiger charge is 2.05. The van der Waals surface area contributed by atoms with Crippen LogP contribution in [-0.2, 0) is 0 Å². The van der Waals surface area contributed by atoms with Gasteiger partial charge in [0, 0.05) is 18.1 Å². The van der Waals surface area contributed by atoms with Crippen LogP contribution in [0.4, 0.5) is 5.69 Å². The summed E-state index contributed by atoms with van der Waals surface area (Å²) in [5.74, 6) is 0. The molecule has 1 aromatic heterocycles. The van der Waals surface area contributed by atoms with Crippen LogP contribution in [0.3, 0.4) is 0 Å². The molecule has 0 bridgehead atoms. The second kappa shape index (κ2) is 5.92. The molecule has 6 heteroatoms. The second-order valence-corrected chi connectivity index (χ2v) is 4.40. The minimum atomic E-state index is -0.00657. The van der Waals surface area contributed by atoms with E-state index in [9.17, 15) is 0 Å². The SMILES string of the molecule is Cc1ccn(-c2ccc(NC=C(C#N)C#N)cc2Cl)n1. The second-order valence-electron chi connectivity index (χ2n) is 3.99. The first-order valence-electron chi connectivity index (χ1n) is 5.73. The Morgan fingerprint density at radius 2 is 2.10 bits per heavy atom. The van der Waals surface area contributed by atoms with Crippen LogP contribution in [-0.4, -0.2) is 9.78 Å². The maximum absolute atomic E-state index is 8.64. The topological polar surface area (TPSA) is 77.4 Å². The maximum atomic E-state index is 8.64. The van der Waals surface area contributed by atoms with Gasteiger partial charge >= 0.3 is 0 Å². The molecular weight excluding hydrogens is 274 g/mol. The van der Waals surface area contributed by atoms with Gasteiger partial charge in [0.2, 0.25) is 0 Å². The first-order chi connectivity index (χ1) is 9.63. The number of nitrogens with zero attached hydrogens (tertiary/aromatic N) is 4. The van der Waals surface area contributed by atoms with Crippen LogP contribution in [0.25, 0.3) is 5.69 Å². The van der Waals surface area contributed by atoms with Crippen molar-refractivity contribution in [3.63, 3.8) is 0 Å². The van der Waals surface area contributed by atoms with Crippen molar-refractivity contribution < 1.29 is 0 Å². The fourth-order valence-electron chi connectivity index (χ4n) is 1.58. The zero-order chi connectivity index (χ0) is 14.5. The third-order valence-corrected chi connectivity index (χ3v) is 2.84. The number of aromatic nitrogens is 2. The number of hydrogen-bond acceptors (Lipinski definition) is 4. The number of hydrogen-bond donors (Lipinski definition) is 1. The Hall–Kier alpha value is -2.76. The largest absolute Gasteiger partial charge is 0.360 e. The average molecular weight is 284 g/mol. The number of halogens is 1. The Bertz CT molecular complexity index is 730. The molecule has 0 spiro atoms. The van der Waals surface area contributed by atoms with Gasteiger partial charge in [0.15, 0.2) is 0 Å². The fraction of sp³-hybridized carbons (Fsp3) is 0.0714. The van der Waals surface area contributed by atoms with E-state index in [0.717, 1.165) is 11.4 Å². The van der Waals surface area contributed by atoms with Crippen molar-refractivity contribution in [1.29, 1.82) is 10.5 Å². The van der Waals surface area contributed by atoms with E-state index in [-0.39, 0.29) is 5.57 Å². The smallest absolute Gasteiger partial charge is 0.145 e. The molecule has 0 aliphatic carbocycles. The van der Waals surface area contributed by atoms with Crippen LogP contribution in [0.1, 0.15) is 5.69 Å². The highest BCUT2D eigenvalue weighted by molar-refractivity contribution is 6.32. The molecule has 0 aliphatic heterocycles. The molecule has 2 aromatic rings. The van der Waals surface area contributed by atoms with Crippen molar-refractivity contribution in [2.75, 3.05) is 5.32 Å². The molecule has 0 saturated carbocycles. The van der Waals surface area contributed by atoms with Gasteiger partial charge in [-0.15, -0.1) is 0 Å². The Morgan fingerprint density at radius 1 is 1.35 bits per heavy atom. The summed E-state index contributed by atoms with van der Waals surface area (Å²) < 4.78 is 1.69. The monoisotopic (exact) mass is 283 g/mol. The molecule has 2 rings (SSSR count). The molecule has 0 saturated heterocycles. The van der Waals surface area contributed by atoms with Crippen molar-refractivity contribution in [2.45, 2.75) is 6.92 Å². The Balaban J connectivity index is 2.25. The first-order valence-corrected chi connectivity index (χ1v) is 6.11. The van der Waals surface area contributed by atoms with Gasteiger partial charge in [0.1, 0.15) is 17.7 Å². The summed E-state index contributed by atoms with van der Waals surface area (Å²) in [6, 6.07) is 10.7. The highest BCUT2D eigenvalue weighted by Crippen LogP contribution is 2.24. The van der Waals surface area contributed by atoms with Gasteiger partial charge in [-0.2, -0.15) is 15.6 Å². The Labute approximate surface area is 121 Å². The van der Waals surface area contributed by atoms with Gasteiger partial charge in [-0.1, -0.05) is 11.6 Å². The van der Waals surface area contributed by atoms with E-state index >= 15 is 0 Å². The van der Waals surface area contributed by atoms with E-state index < -0.39 is 0 Å². The molecule has 1 heterocycles. The summed E-state index contributed by atoms with van der Waals surface area (Å²) in [7, 11) is 0. The normalized spacial score (nSPS) is 9.40. The van der Waals surface area contributed by atoms with Crippen LogP contribution < -0.4 is 5.32 Å². The number of anilines is 1. The van der Waals surface area contributed by atoms with Crippen LogP contribution in [0.5, 0.6) is 0 Å². The quantitative estimate of drug-likeness (QED) is 0.878. The standard InChI is InChI=1S/C14H10ClN5/c1-10-4-5-20(19-10)14-3-2-12(6-13(14)15)18-9-11(7-16)8-17/h2-6,9,18H,1H3. The van der Waals surface area contributed by atoms with Crippen molar-refractivity contribution in [3.8, 4) is 17.8 Å². The number of rotatable bonds is 3. The molecule has 1 aromatic carbocycles. The maximum Gasteiger partial charge on any atom is 0.145 e. The van der Waals surface area contributed by atoms with E-state index in [4.69, 9.17) is 22.1 Å². The molecule has 98 valence electrons. The summed E-state index contributed by atoms with van der Waals surface area (Å²) in [4.78, 5) is 0. The van der Waals surface area contributed by atoms with Crippen molar-refractivity contribution >= 4 is 17.3 Å². The van der Waals surface area contributed by atoms with E-state index in [0.29, 0.717) is 10.7 Å². The van der Waals surface area contributed by atoms with Gasteiger partial charge < -0.3 is 5.32 Å². The predicted molar refractivity (Wildman–Crippen MR) is 76.2 cm³/mol. The zero-order valence-electron chi connectivity index (χ0n) is 10.6. The van der Waals surface area contributed by atoms with Gasteiger partial charge in [0.25, 0.3) is 0 Å². The molecule has 0 radical (unpaired) electrons. The lowest BCUT2D eigenvalue weighted by Gasteiger charge is -2.07. The number of aryl methyl sites for hydroxylation is 1. The molecule has 1 N–H and O–H groups in total. The third-order valence-electron chi connectivity index (χ3n) is 2.54. The molecular formula is C14H10ClN5. The number of allylic oxidation sites excluding steroid dienone is 1. The van der Waals surface area contributed by atoms with Crippen molar-refractivity contribution in [2.24, 2.45) is 0 Å². The predicted octanol–water partition coefficient (Wildman–Crippen LogP) is 3.18. The van der Waals surface area contributed by atoms with Crippen LogP contribution in [0.15, 0.2) is 42.2 Å². The first kappa shape index (κ1) is 13.7. The number of nitriles is 2. The Morgan fingerprint density at radius 3 is 2.65 bits per heavy atom. The lowest BCUT2D eigenvalue weighted by atomic mass is 10.2. The summed E-state index contributed by atoms with van der Waals surface area (Å²) in [5, 5.41) is 24.9. The van der Waals surface area contributed by atoms with E-state index in [1.165, 1.54) is 6.20 Å². The molecule has 0 amide bonds. The Kier molecular flexibility index (Phi) is 4.05. The van der Waals surface area contributed by atoms with Gasteiger partial charge in [-0.05, 0) is 31.2 Å². The van der Waals surface area contributed by atoms with Gasteiger partial charge in [0.05, 0.1) is 16.4 Å². The molecule has 5 nitrogen and oxygen atoms in total. The molecule has 0 unspecified atom stereocenters. The van der Waals surface area contributed by atoms with Gasteiger partial charge in [-0.3, -0.25) is 0 Å². The lowest BCUT2D eigenvalue weighted by molar-refractivity contribution is 0.863. The summed E-state index contributed by atoms with van der Waals surface area (Å²) in [5.41, 5.74) is 2.34. The summed E-state index contributed by atoms with van der Waals surface area (Å²) >= 11 is 6.20. The van der Waals surface area contributed by atoms with Crippen LogP contribution in [0, 0.1) is 29.6 Å². The third kappa shape index (κ3) is 2.97. The fourth-order valence-corrected chi connectivity index (χ4v) is 1.84. The van der Waals surface area contributed by atoms with E-state index in [2.05, 4.69) is 10.4 Å². The van der Waals surface area contributed by atoms with E-state index in [1.54, 1.807) is 29.0 Å². The summed E-state index contributed by atoms with van der Waals surface area (Å²) in [6.45, 7) is 1.90. The van der Waals surface area contributed by atoms with Crippen LogP contribution >= 0.6 is 11.6 Å². The highest BCUT2D eigenvalue weighted by atomic mass is 35.5. The zero-order valence-corrected chi connectivity index (χ0v) is 11.4. The van der Waals surface area contributed by atoms with Crippen LogP contribution in [0.2, 0.25) is 5.02 Å². The van der Waals surface area contributed by atoms with Crippen molar-refractivity contribution in [1.82, 2.24) is 9.78 Å². The molecule has 0 atom stereocenters. The number of nitrogens with one attached hydrogen (secondary N) is 1. The average Bonchev–Trinajstić information content (AvgIpc) is 2.86. The molecule has 0 fully saturated rings. The molecule has 20 heavy (non-hydrogen) atoms. The minimum absolute atomic E-state index is 0.00657. The lowest BCUT2D eigenvalue weighted by Crippen LogP contribution is -1.97. The van der Waals surface area contributed by atoms with Crippen molar-refractivity contribution in [3.05, 3.63) is 53.0 Å². The van der Waals surface area contributed by atoms with E-state index in [1.807, 2.05) is 25.3 Å². The molecule has 0 aliphatic rings. The number of benzene rings is 1. The summed E-state index contributed by atoms with van der Waals surface area (Å²) in [6.07, 6.45) is 3.16. The van der Waals surface area contributed by atoms with Gasteiger partial charge in [-0.25, -0.2) is 4.68 Å².